The van der Waals surface area contributed by atoms with E-state index in [1.807, 2.05) is 48.5 Å². The Bertz CT molecular complexity index is 1020. The second-order valence-electron chi connectivity index (χ2n) is 5.84. The van der Waals surface area contributed by atoms with Crippen LogP contribution in [0.4, 0.5) is 5.00 Å². The predicted octanol–water partition coefficient (Wildman–Crippen LogP) is 5.22. The van der Waals surface area contributed by atoms with Gasteiger partial charge in [0, 0.05) is 16.6 Å². The molecule has 29 heavy (non-hydrogen) atoms. The number of anilines is 1. The molecule has 2 aromatic carbocycles. The van der Waals surface area contributed by atoms with Gasteiger partial charge in [0.25, 0.3) is 5.91 Å². The third-order valence-corrected chi connectivity index (χ3v) is 6.58. The Hall–Kier alpha value is -2.42. The van der Waals surface area contributed by atoms with Crippen molar-refractivity contribution < 1.29 is 9.59 Å². The first-order valence-electron chi connectivity index (χ1n) is 8.71. The number of nitrogens with one attached hydrogen (secondary N) is 2. The van der Waals surface area contributed by atoms with Crippen LogP contribution in [0.3, 0.4) is 0 Å². The number of halogens is 1. The van der Waals surface area contributed by atoms with E-state index in [2.05, 4.69) is 38.1 Å². The molecule has 0 spiro atoms. The number of benzene rings is 2. The van der Waals surface area contributed by atoms with Crippen LogP contribution in [-0.2, 0) is 4.79 Å². The SMILES string of the molecule is C=CCNC(=O)CSc1nc(-c2ccccc2)c(NC(=O)c2ccccc2Br)s1. The van der Waals surface area contributed by atoms with Gasteiger partial charge in [-0.25, -0.2) is 4.98 Å². The van der Waals surface area contributed by atoms with Gasteiger partial charge in [-0.3, -0.25) is 9.59 Å². The van der Waals surface area contributed by atoms with Gasteiger partial charge in [-0.2, -0.15) is 0 Å². The molecule has 0 saturated heterocycles. The molecule has 0 atom stereocenters. The quantitative estimate of drug-likeness (QED) is 0.337. The molecule has 5 nitrogen and oxygen atoms in total. The fourth-order valence-electron chi connectivity index (χ4n) is 2.42. The Morgan fingerprint density at radius 1 is 1.14 bits per heavy atom. The lowest BCUT2D eigenvalue weighted by atomic mass is 10.1. The lowest BCUT2D eigenvalue weighted by molar-refractivity contribution is -0.118. The Kier molecular flexibility index (Phi) is 7.62. The first-order valence-corrected chi connectivity index (χ1v) is 11.3. The molecule has 2 N–H and O–H groups in total. The topological polar surface area (TPSA) is 71.1 Å². The first kappa shape index (κ1) is 21.3. The molecule has 1 aromatic heterocycles. The van der Waals surface area contributed by atoms with Crippen LogP contribution in [0.25, 0.3) is 11.3 Å². The molecule has 0 aliphatic heterocycles. The molecule has 0 aliphatic carbocycles. The van der Waals surface area contributed by atoms with Crippen LogP contribution in [0, 0.1) is 0 Å². The number of thioether (sulfide) groups is 1. The number of rotatable bonds is 8. The van der Waals surface area contributed by atoms with E-state index in [4.69, 9.17) is 0 Å². The molecule has 3 rings (SSSR count). The van der Waals surface area contributed by atoms with Crippen LogP contribution >= 0.6 is 39.0 Å². The van der Waals surface area contributed by atoms with Crippen LogP contribution in [0.15, 0.2) is 76.1 Å². The number of nitrogens with zero attached hydrogens (tertiary/aromatic N) is 1. The van der Waals surface area contributed by atoms with Crippen molar-refractivity contribution in [1.82, 2.24) is 10.3 Å². The highest BCUT2D eigenvalue weighted by molar-refractivity contribution is 9.10. The normalized spacial score (nSPS) is 10.4. The molecule has 0 radical (unpaired) electrons. The van der Waals surface area contributed by atoms with E-state index in [9.17, 15) is 9.59 Å². The lowest BCUT2D eigenvalue weighted by Gasteiger charge is -2.06. The predicted molar refractivity (Wildman–Crippen MR) is 124 cm³/mol. The van der Waals surface area contributed by atoms with Crippen LogP contribution < -0.4 is 10.6 Å². The van der Waals surface area contributed by atoms with Crippen molar-refractivity contribution >= 4 is 55.8 Å². The van der Waals surface area contributed by atoms with E-state index in [1.54, 1.807) is 12.1 Å². The minimum absolute atomic E-state index is 0.0924. The zero-order valence-electron chi connectivity index (χ0n) is 15.4. The molecular formula is C21H18BrN3O2S2. The fraction of sp³-hybridized carbons (Fsp3) is 0.0952. The molecule has 0 aliphatic rings. The molecule has 0 saturated carbocycles. The number of hydrogen-bond acceptors (Lipinski definition) is 5. The van der Waals surface area contributed by atoms with Crippen molar-refractivity contribution in [2.24, 2.45) is 0 Å². The van der Waals surface area contributed by atoms with Crippen molar-refractivity contribution in [2.45, 2.75) is 4.34 Å². The van der Waals surface area contributed by atoms with Gasteiger partial charge in [-0.05, 0) is 28.1 Å². The monoisotopic (exact) mass is 487 g/mol. The molecule has 3 aromatic rings. The minimum Gasteiger partial charge on any atom is -0.352 e. The second kappa shape index (κ2) is 10.4. The zero-order valence-corrected chi connectivity index (χ0v) is 18.6. The maximum Gasteiger partial charge on any atom is 0.257 e. The summed E-state index contributed by atoms with van der Waals surface area (Å²) in [5.41, 5.74) is 2.12. The van der Waals surface area contributed by atoms with Gasteiger partial charge in [0.1, 0.15) is 10.7 Å². The minimum atomic E-state index is -0.224. The Balaban J connectivity index is 1.83. The van der Waals surface area contributed by atoms with Gasteiger partial charge in [0.05, 0.1) is 11.3 Å². The summed E-state index contributed by atoms with van der Waals surface area (Å²) in [4.78, 5) is 29.3. The van der Waals surface area contributed by atoms with Gasteiger partial charge in [-0.1, -0.05) is 71.6 Å². The number of hydrogen-bond donors (Lipinski definition) is 2. The highest BCUT2D eigenvalue weighted by Gasteiger charge is 2.18. The molecule has 1 heterocycles. The maximum atomic E-state index is 12.8. The summed E-state index contributed by atoms with van der Waals surface area (Å²) in [5, 5.41) is 6.35. The average molecular weight is 488 g/mol. The van der Waals surface area contributed by atoms with Crippen molar-refractivity contribution in [3.63, 3.8) is 0 Å². The van der Waals surface area contributed by atoms with E-state index in [-0.39, 0.29) is 17.6 Å². The summed E-state index contributed by atoms with van der Waals surface area (Å²) in [7, 11) is 0. The van der Waals surface area contributed by atoms with Gasteiger partial charge >= 0.3 is 0 Å². The summed E-state index contributed by atoms with van der Waals surface area (Å²) in [6.45, 7) is 4.01. The van der Waals surface area contributed by atoms with E-state index in [1.165, 1.54) is 23.1 Å². The van der Waals surface area contributed by atoms with Gasteiger partial charge in [0.15, 0.2) is 4.34 Å². The lowest BCUT2D eigenvalue weighted by Crippen LogP contribution is -2.24. The highest BCUT2D eigenvalue weighted by atomic mass is 79.9. The summed E-state index contributed by atoms with van der Waals surface area (Å²) < 4.78 is 1.43. The molecule has 2 amide bonds. The van der Waals surface area contributed by atoms with E-state index < -0.39 is 0 Å². The third kappa shape index (κ3) is 5.79. The van der Waals surface area contributed by atoms with Crippen LogP contribution in [0.2, 0.25) is 0 Å². The van der Waals surface area contributed by atoms with Crippen LogP contribution in [-0.4, -0.2) is 29.1 Å². The van der Waals surface area contributed by atoms with Crippen LogP contribution in [0.5, 0.6) is 0 Å². The summed E-state index contributed by atoms with van der Waals surface area (Å²) >= 11 is 6.10. The van der Waals surface area contributed by atoms with E-state index >= 15 is 0 Å². The molecule has 0 unspecified atom stereocenters. The zero-order chi connectivity index (χ0) is 20.6. The average Bonchev–Trinajstić information content (AvgIpc) is 3.14. The first-order chi connectivity index (χ1) is 14.1. The van der Waals surface area contributed by atoms with Crippen molar-refractivity contribution in [3.8, 4) is 11.3 Å². The maximum absolute atomic E-state index is 12.8. The molecule has 0 fully saturated rings. The summed E-state index contributed by atoms with van der Waals surface area (Å²) in [5.74, 6) is -0.0727. The van der Waals surface area contributed by atoms with Gasteiger partial charge < -0.3 is 10.6 Å². The van der Waals surface area contributed by atoms with Gasteiger partial charge in [0.2, 0.25) is 5.91 Å². The van der Waals surface area contributed by atoms with E-state index in [0.717, 1.165) is 10.0 Å². The third-order valence-electron chi connectivity index (χ3n) is 3.77. The summed E-state index contributed by atoms with van der Waals surface area (Å²) in [6, 6.07) is 16.9. The molecular weight excluding hydrogens is 470 g/mol. The summed E-state index contributed by atoms with van der Waals surface area (Å²) in [6.07, 6.45) is 1.63. The van der Waals surface area contributed by atoms with Gasteiger partial charge in [-0.15, -0.1) is 6.58 Å². The Labute approximate surface area is 185 Å². The van der Waals surface area contributed by atoms with Crippen molar-refractivity contribution in [1.29, 1.82) is 0 Å². The second-order valence-corrected chi connectivity index (χ2v) is 8.91. The Morgan fingerprint density at radius 3 is 2.59 bits per heavy atom. The smallest absolute Gasteiger partial charge is 0.257 e. The van der Waals surface area contributed by atoms with Crippen LogP contribution in [0.1, 0.15) is 10.4 Å². The number of aromatic nitrogens is 1. The highest BCUT2D eigenvalue weighted by Crippen LogP contribution is 2.38. The molecule has 8 heteroatoms. The standard InChI is InChI=1S/C21H18BrN3O2S2/c1-2-12-23-17(26)13-28-21-24-18(14-8-4-3-5-9-14)20(29-21)25-19(27)15-10-6-7-11-16(15)22/h2-11H,1,12-13H2,(H,23,26)(H,25,27). The van der Waals surface area contributed by atoms with Crippen molar-refractivity contribution in [2.75, 3.05) is 17.6 Å². The fourth-order valence-corrected chi connectivity index (χ4v) is 4.77. The number of carbonyl (C=O) groups is 2. The van der Waals surface area contributed by atoms with E-state index in [0.29, 0.717) is 27.1 Å². The largest absolute Gasteiger partial charge is 0.352 e. The number of amides is 2. The molecule has 0 bridgehead atoms. The number of thiazole rings is 1. The van der Waals surface area contributed by atoms with Crippen molar-refractivity contribution in [3.05, 3.63) is 77.3 Å². The molecule has 148 valence electrons. The number of carbonyl (C=O) groups excluding carboxylic acids is 2. The Morgan fingerprint density at radius 2 is 1.86 bits per heavy atom.